The van der Waals surface area contributed by atoms with E-state index >= 15 is 0 Å². The zero-order valence-corrected chi connectivity index (χ0v) is 11.7. The minimum absolute atomic E-state index is 0.163. The lowest BCUT2D eigenvalue weighted by Crippen LogP contribution is -2.37. The first-order valence-corrected chi connectivity index (χ1v) is 6.66. The van der Waals surface area contributed by atoms with Crippen LogP contribution in [0.5, 0.6) is 0 Å². The minimum atomic E-state index is 0.163. The monoisotopic (exact) mass is 238 g/mol. The van der Waals surface area contributed by atoms with Gasteiger partial charge in [-0.15, -0.1) is 11.3 Å². The van der Waals surface area contributed by atoms with Crippen molar-refractivity contribution in [3.63, 3.8) is 0 Å². The van der Waals surface area contributed by atoms with E-state index in [4.69, 9.17) is 0 Å². The summed E-state index contributed by atoms with van der Waals surface area (Å²) in [6, 6.07) is 0. The maximum atomic E-state index is 4.30. The van der Waals surface area contributed by atoms with Gasteiger partial charge in [0.1, 0.15) is 0 Å². The van der Waals surface area contributed by atoms with Crippen molar-refractivity contribution in [2.45, 2.75) is 40.2 Å². The zero-order chi connectivity index (χ0) is 12.2. The third-order valence-corrected chi connectivity index (χ3v) is 2.95. The molecule has 0 spiro atoms. The molecular formula is C13H22N2S. The van der Waals surface area contributed by atoms with Gasteiger partial charge in [-0.25, -0.2) is 4.98 Å². The van der Waals surface area contributed by atoms with Crippen molar-refractivity contribution in [1.29, 1.82) is 0 Å². The number of rotatable bonds is 4. The van der Waals surface area contributed by atoms with Gasteiger partial charge >= 0.3 is 0 Å². The van der Waals surface area contributed by atoms with Crippen LogP contribution in [0.15, 0.2) is 16.5 Å². The number of aromatic nitrogens is 1. The Morgan fingerprint density at radius 2 is 2.19 bits per heavy atom. The summed E-state index contributed by atoms with van der Waals surface area (Å²) in [6.07, 6.45) is 2.19. The van der Waals surface area contributed by atoms with Gasteiger partial charge < -0.3 is 5.32 Å². The molecule has 0 atom stereocenters. The Morgan fingerprint density at radius 3 is 2.62 bits per heavy atom. The molecule has 90 valence electrons. The first-order chi connectivity index (χ1) is 7.38. The Kier molecular flexibility index (Phi) is 4.69. The largest absolute Gasteiger partial charge is 0.308 e. The standard InChI is InChI=1S/C13H22N2S/c1-10(2)11(7-15-13(3,4)5)6-12-8-16-9-14-12/h6,8-10,15H,7H2,1-5H3. The second-order valence-corrected chi connectivity index (χ2v) is 6.11. The Labute approximate surface area is 103 Å². The van der Waals surface area contributed by atoms with E-state index in [1.807, 2.05) is 5.51 Å². The highest BCUT2D eigenvalue weighted by Crippen LogP contribution is 2.15. The van der Waals surface area contributed by atoms with Crippen molar-refractivity contribution in [2.75, 3.05) is 6.54 Å². The highest BCUT2D eigenvalue weighted by molar-refractivity contribution is 7.07. The van der Waals surface area contributed by atoms with Gasteiger partial charge in [0.2, 0.25) is 0 Å². The Morgan fingerprint density at radius 1 is 1.50 bits per heavy atom. The molecule has 0 aliphatic heterocycles. The number of nitrogens with one attached hydrogen (secondary N) is 1. The molecule has 0 saturated heterocycles. The quantitative estimate of drug-likeness (QED) is 0.867. The summed E-state index contributed by atoms with van der Waals surface area (Å²) in [7, 11) is 0. The van der Waals surface area contributed by atoms with E-state index in [0.29, 0.717) is 5.92 Å². The molecule has 0 aliphatic rings. The van der Waals surface area contributed by atoms with E-state index in [9.17, 15) is 0 Å². The lowest BCUT2D eigenvalue weighted by Gasteiger charge is -2.23. The van der Waals surface area contributed by atoms with Gasteiger partial charge in [0, 0.05) is 17.5 Å². The lowest BCUT2D eigenvalue weighted by molar-refractivity contribution is 0.437. The number of thiazole rings is 1. The lowest BCUT2D eigenvalue weighted by atomic mass is 10.0. The van der Waals surface area contributed by atoms with Crippen molar-refractivity contribution in [1.82, 2.24) is 10.3 Å². The summed E-state index contributed by atoms with van der Waals surface area (Å²) < 4.78 is 0. The molecule has 1 aromatic rings. The first-order valence-electron chi connectivity index (χ1n) is 5.72. The molecule has 0 radical (unpaired) electrons. The molecule has 0 saturated carbocycles. The SMILES string of the molecule is CC(C)C(=Cc1cscn1)CNC(C)(C)C. The maximum absolute atomic E-state index is 4.30. The van der Waals surface area contributed by atoms with E-state index in [1.165, 1.54) is 5.57 Å². The predicted octanol–water partition coefficient (Wildman–Crippen LogP) is 3.57. The Hall–Kier alpha value is -0.670. The fourth-order valence-corrected chi connectivity index (χ4v) is 1.78. The van der Waals surface area contributed by atoms with Gasteiger partial charge in [0.25, 0.3) is 0 Å². The Bertz CT molecular complexity index is 331. The molecule has 1 heterocycles. The van der Waals surface area contributed by atoms with Crippen LogP contribution in [0, 0.1) is 5.92 Å². The van der Waals surface area contributed by atoms with Gasteiger partial charge in [-0.2, -0.15) is 0 Å². The fourth-order valence-electron chi connectivity index (χ4n) is 1.27. The molecule has 0 aliphatic carbocycles. The van der Waals surface area contributed by atoms with Crippen molar-refractivity contribution in [3.05, 3.63) is 22.2 Å². The van der Waals surface area contributed by atoms with Crippen molar-refractivity contribution in [3.8, 4) is 0 Å². The first kappa shape index (κ1) is 13.4. The smallest absolute Gasteiger partial charge is 0.0798 e. The molecule has 1 aromatic heterocycles. The summed E-state index contributed by atoms with van der Waals surface area (Å²) in [6.45, 7) is 11.9. The maximum Gasteiger partial charge on any atom is 0.0798 e. The van der Waals surface area contributed by atoms with Gasteiger partial charge in [0.05, 0.1) is 11.2 Å². The molecule has 0 unspecified atom stereocenters. The fraction of sp³-hybridized carbons (Fsp3) is 0.615. The van der Waals surface area contributed by atoms with E-state index < -0.39 is 0 Å². The molecule has 0 bridgehead atoms. The highest BCUT2D eigenvalue weighted by atomic mass is 32.1. The van der Waals surface area contributed by atoms with Gasteiger partial charge in [-0.1, -0.05) is 19.4 Å². The molecule has 2 nitrogen and oxygen atoms in total. The van der Waals surface area contributed by atoms with Crippen LogP contribution in [0.3, 0.4) is 0 Å². The highest BCUT2D eigenvalue weighted by Gasteiger charge is 2.11. The summed E-state index contributed by atoms with van der Waals surface area (Å²) in [5.74, 6) is 0.552. The van der Waals surface area contributed by atoms with E-state index in [1.54, 1.807) is 11.3 Å². The molecule has 0 aromatic carbocycles. The third-order valence-electron chi connectivity index (χ3n) is 2.35. The van der Waals surface area contributed by atoms with Gasteiger partial charge in [0.15, 0.2) is 0 Å². The third kappa shape index (κ3) is 4.90. The van der Waals surface area contributed by atoms with Crippen LogP contribution < -0.4 is 5.32 Å². The van der Waals surface area contributed by atoms with Crippen LogP contribution >= 0.6 is 11.3 Å². The van der Waals surface area contributed by atoms with Crippen LogP contribution in [0.1, 0.15) is 40.3 Å². The van der Waals surface area contributed by atoms with Crippen molar-refractivity contribution in [2.24, 2.45) is 5.92 Å². The second kappa shape index (κ2) is 5.60. The van der Waals surface area contributed by atoms with Crippen LogP contribution in [-0.4, -0.2) is 17.1 Å². The molecule has 1 N–H and O–H groups in total. The normalized spacial score (nSPS) is 13.5. The van der Waals surface area contributed by atoms with Crippen LogP contribution in [-0.2, 0) is 0 Å². The summed E-state index contributed by atoms with van der Waals surface area (Å²) in [5.41, 5.74) is 4.52. The number of hydrogen-bond donors (Lipinski definition) is 1. The van der Waals surface area contributed by atoms with Crippen LogP contribution in [0.4, 0.5) is 0 Å². The van der Waals surface area contributed by atoms with Crippen molar-refractivity contribution >= 4 is 17.4 Å². The molecule has 0 fully saturated rings. The van der Waals surface area contributed by atoms with E-state index in [2.05, 4.69) is 56.4 Å². The topological polar surface area (TPSA) is 24.9 Å². The molecule has 16 heavy (non-hydrogen) atoms. The average Bonchev–Trinajstić information content (AvgIpc) is 2.62. The molecule has 0 amide bonds. The summed E-state index contributed by atoms with van der Waals surface area (Å²) in [5, 5.41) is 5.61. The van der Waals surface area contributed by atoms with E-state index in [0.717, 1.165) is 12.2 Å². The molecule has 3 heteroatoms. The molecule has 1 rings (SSSR count). The summed E-state index contributed by atoms with van der Waals surface area (Å²) in [4.78, 5) is 4.30. The zero-order valence-electron chi connectivity index (χ0n) is 10.9. The van der Waals surface area contributed by atoms with E-state index in [-0.39, 0.29) is 5.54 Å². The van der Waals surface area contributed by atoms with Crippen LogP contribution in [0.2, 0.25) is 0 Å². The minimum Gasteiger partial charge on any atom is -0.308 e. The molecular weight excluding hydrogens is 216 g/mol. The summed E-state index contributed by atoms with van der Waals surface area (Å²) >= 11 is 1.64. The number of hydrogen-bond acceptors (Lipinski definition) is 3. The Balaban J connectivity index is 2.69. The number of nitrogens with zero attached hydrogens (tertiary/aromatic N) is 1. The van der Waals surface area contributed by atoms with Gasteiger partial charge in [-0.3, -0.25) is 0 Å². The predicted molar refractivity (Wildman–Crippen MR) is 72.7 cm³/mol. The van der Waals surface area contributed by atoms with Crippen LogP contribution in [0.25, 0.3) is 6.08 Å². The van der Waals surface area contributed by atoms with Gasteiger partial charge in [-0.05, 0) is 32.8 Å². The van der Waals surface area contributed by atoms with Crippen molar-refractivity contribution < 1.29 is 0 Å². The second-order valence-electron chi connectivity index (χ2n) is 5.39. The average molecular weight is 238 g/mol.